The van der Waals surface area contributed by atoms with Gasteiger partial charge in [0, 0.05) is 48.4 Å². The van der Waals surface area contributed by atoms with Crippen LogP contribution in [0.15, 0.2) is 90.0 Å². The number of carbonyl (C=O) groups excluding carboxylic acids is 3. The van der Waals surface area contributed by atoms with Gasteiger partial charge in [-0.25, -0.2) is 23.1 Å². The quantitative estimate of drug-likeness (QED) is 0.130. The Bertz CT molecular complexity index is 2530. The summed E-state index contributed by atoms with van der Waals surface area (Å²) >= 11 is 1.40. The molecule has 1 aliphatic heterocycles. The fourth-order valence-electron chi connectivity index (χ4n) is 6.75. The molecular formula is C41H41N7O6S2. The van der Waals surface area contributed by atoms with E-state index in [-0.39, 0.29) is 28.9 Å². The van der Waals surface area contributed by atoms with E-state index in [1.54, 1.807) is 30.5 Å². The molecule has 4 heterocycles. The van der Waals surface area contributed by atoms with Crippen molar-refractivity contribution in [2.24, 2.45) is 5.92 Å². The van der Waals surface area contributed by atoms with Gasteiger partial charge in [0.15, 0.2) is 5.13 Å². The van der Waals surface area contributed by atoms with Crippen molar-refractivity contribution in [3.05, 3.63) is 119 Å². The molecule has 288 valence electrons. The van der Waals surface area contributed by atoms with Crippen LogP contribution in [0, 0.1) is 12.8 Å². The summed E-state index contributed by atoms with van der Waals surface area (Å²) in [5.74, 6) is -0.783. The van der Waals surface area contributed by atoms with Gasteiger partial charge in [-0.05, 0) is 84.8 Å². The fraction of sp³-hybridized carbons (Fsp3) is 0.268. The van der Waals surface area contributed by atoms with E-state index < -0.39 is 15.9 Å². The molecule has 0 radical (unpaired) electrons. The maximum Gasteiger partial charge on any atom is 0.305 e. The number of amides is 2. The van der Waals surface area contributed by atoms with Gasteiger partial charge in [0.25, 0.3) is 21.8 Å². The first-order chi connectivity index (χ1) is 26.9. The van der Waals surface area contributed by atoms with Gasteiger partial charge < -0.3 is 9.64 Å². The Kier molecular flexibility index (Phi) is 11.0. The molecule has 6 aromatic rings. The maximum absolute atomic E-state index is 14.1. The van der Waals surface area contributed by atoms with Crippen LogP contribution in [0.1, 0.15) is 63.5 Å². The van der Waals surface area contributed by atoms with Gasteiger partial charge in [-0.15, -0.1) is 0 Å². The second kappa shape index (κ2) is 16.0. The number of nitrogens with one attached hydrogen (secondary N) is 2. The molecular weight excluding hydrogens is 751 g/mol. The number of para-hydroxylation sites is 1. The van der Waals surface area contributed by atoms with Crippen molar-refractivity contribution in [2.45, 2.75) is 58.0 Å². The molecule has 7 rings (SSSR count). The number of esters is 1. The van der Waals surface area contributed by atoms with Gasteiger partial charge >= 0.3 is 5.97 Å². The number of ether oxygens (including phenoxy) is 1. The molecule has 0 aliphatic carbocycles. The largest absolute Gasteiger partial charge is 0.469 e. The third-order valence-corrected chi connectivity index (χ3v) is 12.0. The number of aryl methyl sites for hydroxylation is 1. The minimum Gasteiger partial charge on any atom is -0.469 e. The molecule has 0 saturated heterocycles. The zero-order valence-corrected chi connectivity index (χ0v) is 33.0. The summed E-state index contributed by atoms with van der Waals surface area (Å²) in [5, 5.41) is 8.03. The molecule has 15 heteroatoms. The summed E-state index contributed by atoms with van der Waals surface area (Å²) in [6.07, 6.45) is 2.81. The van der Waals surface area contributed by atoms with E-state index in [1.807, 2.05) is 59.0 Å². The molecule has 13 nitrogen and oxygen atoms in total. The van der Waals surface area contributed by atoms with Crippen molar-refractivity contribution in [2.75, 3.05) is 23.9 Å². The van der Waals surface area contributed by atoms with Crippen LogP contribution in [0.4, 0.5) is 10.9 Å². The highest BCUT2D eigenvalue weighted by molar-refractivity contribution is 7.90. The summed E-state index contributed by atoms with van der Waals surface area (Å²) < 4.78 is 36.9. The Balaban J connectivity index is 1.18. The number of thiazole rings is 1. The van der Waals surface area contributed by atoms with Gasteiger partial charge in [0.2, 0.25) is 0 Å². The van der Waals surface area contributed by atoms with Crippen molar-refractivity contribution >= 4 is 60.3 Å². The summed E-state index contributed by atoms with van der Waals surface area (Å²) in [6.45, 7) is 7.61. The molecule has 0 atom stereocenters. The number of benzene rings is 3. The molecule has 0 bridgehead atoms. The molecule has 1 aliphatic rings. The van der Waals surface area contributed by atoms with Crippen LogP contribution >= 0.6 is 11.3 Å². The second-order valence-electron chi connectivity index (χ2n) is 14.0. The summed E-state index contributed by atoms with van der Waals surface area (Å²) in [4.78, 5) is 50.6. The Morgan fingerprint density at radius 1 is 0.929 bits per heavy atom. The normalized spacial score (nSPS) is 12.8. The lowest BCUT2D eigenvalue weighted by Gasteiger charge is -2.31. The lowest BCUT2D eigenvalue weighted by molar-refractivity contribution is -0.140. The van der Waals surface area contributed by atoms with E-state index >= 15 is 0 Å². The van der Waals surface area contributed by atoms with E-state index in [9.17, 15) is 22.8 Å². The van der Waals surface area contributed by atoms with Gasteiger partial charge in [-0.2, -0.15) is 5.10 Å². The SMILES string of the molecule is COC(=O)CCc1ccc(S(=O)(=O)NC(=O)c2nc(N3CCc4cccc(C(=O)Nc5nc6ccccc6s5)c4C3)ccc2-c2cnn(CC(C)C)c2C)cc1. The minimum atomic E-state index is -4.32. The van der Waals surface area contributed by atoms with E-state index in [1.165, 1.54) is 30.6 Å². The van der Waals surface area contributed by atoms with Crippen molar-refractivity contribution in [3.63, 3.8) is 0 Å². The number of rotatable bonds is 12. The smallest absolute Gasteiger partial charge is 0.305 e. The lowest BCUT2D eigenvalue weighted by atomic mass is 9.94. The molecule has 3 aromatic carbocycles. The number of nitrogens with zero attached hydrogens (tertiary/aromatic N) is 5. The Labute approximate surface area is 328 Å². The Morgan fingerprint density at radius 3 is 2.46 bits per heavy atom. The number of hydrogen-bond acceptors (Lipinski definition) is 11. The third-order valence-electron chi connectivity index (χ3n) is 9.69. The van der Waals surface area contributed by atoms with Crippen molar-refractivity contribution in [1.82, 2.24) is 24.5 Å². The zero-order valence-electron chi connectivity index (χ0n) is 31.4. The van der Waals surface area contributed by atoms with Crippen LogP contribution in [0.5, 0.6) is 0 Å². The molecule has 0 saturated carbocycles. The Morgan fingerprint density at radius 2 is 1.71 bits per heavy atom. The molecule has 2 N–H and O–H groups in total. The molecule has 56 heavy (non-hydrogen) atoms. The van der Waals surface area contributed by atoms with E-state index in [4.69, 9.17) is 9.72 Å². The summed E-state index contributed by atoms with van der Waals surface area (Å²) in [6, 6.07) is 22.9. The van der Waals surface area contributed by atoms with Crippen molar-refractivity contribution < 1.29 is 27.5 Å². The topological polar surface area (TPSA) is 165 Å². The van der Waals surface area contributed by atoms with Crippen LogP contribution in [0.2, 0.25) is 0 Å². The first kappa shape index (κ1) is 38.3. The highest BCUT2D eigenvalue weighted by Crippen LogP contribution is 2.32. The van der Waals surface area contributed by atoms with E-state index in [0.29, 0.717) is 66.0 Å². The summed E-state index contributed by atoms with van der Waals surface area (Å²) in [7, 11) is -3.01. The van der Waals surface area contributed by atoms with Gasteiger partial charge in [0.1, 0.15) is 11.5 Å². The predicted molar refractivity (Wildman–Crippen MR) is 215 cm³/mol. The molecule has 3 aromatic heterocycles. The average molecular weight is 792 g/mol. The van der Waals surface area contributed by atoms with Gasteiger partial charge in [-0.1, -0.05) is 61.6 Å². The molecule has 0 unspecified atom stereocenters. The van der Waals surface area contributed by atoms with Crippen LogP contribution in [0.3, 0.4) is 0 Å². The first-order valence-electron chi connectivity index (χ1n) is 18.2. The van der Waals surface area contributed by atoms with Gasteiger partial charge in [-0.3, -0.25) is 24.4 Å². The van der Waals surface area contributed by atoms with Crippen LogP contribution in [0.25, 0.3) is 21.3 Å². The lowest BCUT2D eigenvalue weighted by Crippen LogP contribution is -2.34. The Hall–Kier alpha value is -5.93. The fourth-order valence-corrected chi connectivity index (χ4v) is 8.56. The first-order valence-corrected chi connectivity index (χ1v) is 20.5. The predicted octanol–water partition coefficient (Wildman–Crippen LogP) is 6.56. The number of pyridine rings is 1. The van der Waals surface area contributed by atoms with Crippen molar-refractivity contribution in [3.8, 4) is 11.1 Å². The molecule has 2 amide bonds. The second-order valence-corrected chi connectivity index (χ2v) is 16.7. The standard InChI is InChI=1S/C41H41N7O6S2/c1-25(2)23-48-26(3)32(22-42-48)30-17-18-36(44-38(30)40(51)46-56(52,53)29-15-12-27(13-16-29)14-19-37(49)54-4)47-21-20-28-8-7-9-31(33(28)24-47)39(50)45-41-43-34-10-5-6-11-35(34)55-41/h5-13,15-18,22,25H,14,19-21,23-24H2,1-4H3,(H,46,51)(H,43,45,50). The summed E-state index contributed by atoms with van der Waals surface area (Å²) in [5.41, 5.74) is 5.73. The number of fused-ring (bicyclic) bond motifs is 2. The monoisotopic (exact) mass is 791 g/mol. The number of hydrogen-bond donors (Lipinski definition) is 2. The molecule has 0 fully saturated rings. The number of aromatic nitrogens is 4. The third kappa shape index (κ3) is 8.19. The number of sulfonamides is 1. The highest BCUT2D eigenvalue weighted by Gasteiger charge is 2.28. The number of anilines is 2. The zero-order chi connectivity index (χ0) is 39.6. The number of carbonyl (C=O) groups is 3. The van der Waals surface area contributed by atoms with Crippen molar-refractivity contribution in [1.29, 1.82) is 0 Å². The molecule has 0 spiro atoms. The minimum absolute atomic E-state index is 0.0827. The maximum atomic E-state index is 14.1. The number of methoxy groups -OCH3 is 1. The van der Waals surface area contributed by atoms with E-state index in [0.717, 1.165) is 32.6 Å². The van der Waals surface area contributed by atoms with Crippen LogP contribution in [-0.4, -0.2) is 59.6 Å². The van der Waals surface area contributed by atoms with E-state index in [2.05, 4.69) is 34.0 Å². The average Bonchev–Trinajstić information content (AvgIpc) is 3.77. The van der Waals surface area contributed by atoms with Crippen LogP contribution < -0.4 is 14.9 Å². The highest BCUT2D eigenvalue weighted by atomic mass is 32.2. The van der Waals surface area contributed by atoms with Gasteiger partial charge in [0.05, 0.1) is 28.4 Å². The van der Waals surface area contributed by atoms with Crippen LogP contribution in [-0.2, 0) is 45.5 Å².